The first-order valence-electron chi connectivity index (χ1n) is 6.08. The van der Waals surface area contributed by atoms with Crippen molar-refractivity contribution in [1.82, 2.24) is 0 Å². The van der Waals surface area contributed by atoms with Gasteiger partial charge in [0.2, 0.25) is 5.91 Å². The average Bonchev–Trinajstić information content (AvgIpc) is 2.29. The quantitative estimate of drug-likeness (QED) is 0.814. The van der Waals surface area contributed by atoms with Gasteiger partial charge in [-0.2, -0.15) is 0 Å². The van der Waals surface area contributed by atoms with Gasteiger partial charge in [-0.3, -0.25) is 9.59 Å². The highest BCUT2D eigenvalue weighted by Gasteiger charge is 2.22. The Hall–Kier alpha value is -1.84. The van der Waals surface area contributed by atoms with Gasteiger partial charge in [0.1, 0.15) is 0 Å². The average molecular weight is 249 g/mol. The summed E-state index contributed by atoms with van der Waals surface area (Å²) in [6.07, 6.45) is 0.386. The number of hydrogen-bond donors (Lipinski definition) is 2. The molecule has 0 saturated heterocycles. The van der Waals surface area contributed by atoms with Crippen LogP contribution in [0.3, 0.4) is 0 Å². The smallest absolute Gasteiger partial charge is 0.303 e. The monoisotopic (exact) mass is 249 g/mol. The van der Waals surface area contributed by atoms with E-state index in [4.69, 9.17) is 5.11 Å². The fourth-order valence-corrected chi connectivity index (χ4v) is 1.80. The molecule has 0 saturated carbocycles. The van der Waals surface area contributed by atoms with E-state index in [9.17, 15) is 9.59 Å². The molecule has 0 fully saturated rings. The van der Waals surface area contributed by atoms with E-state index < -0.39 is 5.97 Å². The second-order valence-electron chi connectivity index (χ2n) is 4.64. The molecule has 1 aromatic rings. The Labute approximate surface area is 107 Å². The number of carbonyl (C=O) groups excluding carboxylic acids is 1. The number of carboxylic acid groups (broad SMARTS) is 1. The van der Waals surface area contributed by atoms with Crippen LogP contribution in [0.2, 0.25) is 0 Å². The van der Waals surface area contributed by atoms with E-state index in [2.05, 4.69) is 5.32 Å². The summed E-state index contributed by atoms with van der Waals surface area (Å²) in [5.74, 6) is -1.14. The third kappa shape index (κ3) is 4.57. The van der Waals surface area contributed by atoms with Gasteiger partial charge in [-0.1, -0.05) is 32.0 Å². The number of hydrogen-bond acceptors (Lipinski definition) is 2. The molecule has 1 amide bonds. The molecular weight excluding hydrogens is 230 g/mol. The summed E-state index contributed by atoms with van der Waals surface area (Å²) in [6, 6.07) is 9.19. The van der Waals surface area contributed by atoms with E-state index in [0.717, 1.165) is 5.69 Å². The third-order valence-electron chi connectivity index (χ3n) is 2.85. The normalized spacial score (nSPS) is 12.2. The molecule has 0 radical (unpaired) electrons. The number of amides is 1. The fraction of sp³-hybridized carbons (Fsp3) is 0.429. The molecule has 1 atom stereocenters. The summed E-state index contributed by atoms with van der Waals surface area (Å²) >= 11 is 0. The standard InChI is InChI=1S/C14H19NO3/c1-10(2)12(8-9-13(16)17)14(18)15-11-6-4-3-5-7-11/h3-7,10,12H,8-9H2,1-2H3,(H,15,18)(H,16,17). The molecule has 4 heteroatoms. The van der Waals surface area contributed by atoms with Crippen LogP contribution in [0.4, 0.5) is 5.69 Å². The summed E-state index contributed by atoms with van der Waals surface area (Å²) in [5.41, 5.74) is 0.739. The Balaban J connectivity index is 2.62. The Morgan fingerprint density at radius 3 is 2.33 bits per heavy atom. The van der Waals surface area contributed by atoms with Gasteiger partial charge in [0, 0.05) is 18.0 Å². The minimum absolute atomic E-state index is 0.0189. The van der Waals surface area contributed by atoms with Crippen molar-refractivity contribution in [3.8, 4) is 0 Å². The molecule has 1 aromatic carbocycles. The summed E-state index contributed by atoms with van der Waals surface area (Å²) in [7, 11) is 0. The van der Waals surface area contributed by atoms with Gasteiger partial charge in [-0.25, -0.2) is 0 Å². The third-order valence-corrected chi connectivity index (χ3v) is 2.85. The first-order valence-corrected chi connectivity index (χ1v) is 6.08. The van der Waals surface area contributed by atoms with E-state index >= 15 is 0 Å². The first-order chi connectivity index (χ1) is 8.50. The largest absolute Gasteiger partial charge is 0.481 e. The Morgan fingerprint density at radius 2 is 1.83 bits per heavy atom. The van der Waals surface area contributed by atoms with E-state index in [1.54, 1.807) is 0 Å². The molecular formula is C14H19NO3. The van der Waals surface area contributed by atoms with Gasteiger partial charge in [0.15, 0.2) is 0 Å². The fourth-order valence-electron chi connectivity index (χ4n) is 1.80. The lowest BCUT2D eigenvalue weighted by Gasteiger charge is -2.19. The maximum atomic E-state index is 12.1. The van der Waals surface area contributed by atoms with Crippen molar-refractivity contribution < 1.29 is 14.7 Å². The highest BCUT2D eigenvalue weighted by Crippen LogP contribution is 2.19. The summed E-state index contributed by atoms with van der Waals surface area (Å²) in [6.45, 7) is 3.86. The Kier molecular flexibility index (Phi) is 5.36. The Bertz CT molecular complexity index is 401. The van der Waals surface area contributed by atoms with Crippen LogP contribution in [0, 0.1) is 11.8 Å². The van der Waals surface area contributed by atoms with Crippen LogP contribution in [-0.2, 0) is 9.59 Å². The zero-order chi connectivity index (χ0) is 13.5. The highest BCUT2D eigenvalue weighted by molar-refractivity contribution is 5.92. The second kappa shape index (κ2) is 6.79. The highest BCUT2D eigenvalue weighted by atomic mass is 16.4. The number of anilines is 1. The van der Waals surface area contributed by atoms with Crippen LogP contribution in [0.15, 0.2) is 30.3 Å². The van der Waals surface area contributed by atoms with E-state index in [1.807, 2.05) is 44.2 Å². The van der Waals surface area contributed by atoms with E-state index in [-0.39, 0.29) is 24.2 Å². The van der Waals surface area contributed by atoms with Gasteiger partial charge in [-0.15, -0.1) is 0 Å². The summed E-state index contributed by atoms with van der Waals surface area (Å²) < 4.78 is 0. The van der Waals surface area contributed by atoms with Crippen molar-refractivity contribution in [2.45, 2.75) is 26.7 Å². The maximum absolute atomic E-state index is 12.1. The molecule has 0 aliphatic rings. The minimum atomic E-state index is -0.867. The van der Waals surface area contributed by atoms with Crippen LogP contribution in [0.5, 0.6) is 0 Å². The van der Waals surface area contributed by atoms with Gasteiger partial charge in [0.05, 0.1) is 0 Å². The molecule has 0 bridgehead atoms. The summed E-state index contributed by atoms with van der Waals surface area (Å²) in [4.78, 5) is 22.6. The molecule has 1 unspecified atom stereocenters. The molecule has 0 aromatic heterocycles. The lowest BCUT2D eigenvalue weighted by atomic mass is 9.90. The lowest BCUT2D eigenvalue weighted by Crippen LogP contribution is -2.27. The van der Waals surface area contributed by atoms with Crippen molar-refractivity contribution in [2.24, 2.45) is 11.8 Å². The molecule has 0 spiro atoms. The van der Waals surface area contributed by atoms with Crippen LogP contribution in [-0.4, -0.2) is 17.0 Å². The number of carboxylic acids is 1. The minimum Gasteiger partial charge on any atom is -0.481 e. The number of aliphatic carboxylic acids is 1. The van der Waals surface area contributed by atoms with Gasteiger partial charge < -0.3 is 10.4 Å². The number of rotatable bonds is 6. The van der Waals surface area contributed by atoms with E-state index in [1.165, 1.54) is 0 Å². The molecule has 18 heavy (non-hydrogen) atoms. The molecule has 0 heterocycles. The Morgan fingerprint density at radius 1 is 1.22 bits per heavy atom. The summed E-state index contributed by atoms with van der Waals surface area (Å²) in [5, 5.41) is 11.5. The number of benzene rings is 1. The topological polar surface area (TPSA) is 66.4 Å². The number of para-hydroxylation sites is 1. The number of nitrogens with one attached hydrogen (secondary N) is 1. The van der Waals surface area contributed by atoms with Crippen molar-refractivity contribution in [2.75, 3.05) is 5.32 Å². The molecule has 0 aliphatic heterocycles. The predicted octanol–water partition coefficient (Wildman–Crippen LogP) is 2.76. The number of carbonyl (C=O) groups is 2. The zero-order valence-electron chi connectivity index (χ0n) is 10.7. The van der Waals surface area contributed by atoms with Crippen LogP contribution < -0.4 is 5.32 Å². The van der Waals surface area contributed by atoms with E-state index in [0.29, 0.717) is 6.42 Å². The predicted molar refractivity (Wildman–Crippen MR) is 70.3 cm³/mol. The van der Waals surface area contributed by atoms with Gasteiger partial charge in [0.25, 0.3) is 0 Å². The van der Waals surface area contributed by atoms with Crippen LogP contribution in [0.25, 0.3) is 0 Å². The molecule has 1 rings (SSSR count). The SMILES string of the molecule is CC(C)C(CCC(=O)O)C(=O)Nc1ccccc1. The molecule has 2 N–H and O–H groups in total. The van der Waals surface area contributed by atoms with Crippen LogP contribution in [0.1, 0.15) is 26.7 Å². The lowest BCUT2D eigenvalue weighted by molar-refractivity contribution is -0.137. The van der Waals surface area contributed by atoms with Crippen LogP contribution >= 0.6 is 0 Å². The van der Waals surface area contributed by atoms with Crippen molar-refractivity contribution in [1.29, 1.82) is 0 Å². The van der Waals surface area contributed by atoms with Gasteiger partial charge in [-0.05, 0) is 24.5 Å². The second-order valence-corrected chi connectivity index (χ2v) is 4.64. The maximum Gasteiger partial charge on any atom is 0.303 e. The van der Waals surface area contributed by atoms with Gasteiger partial charge >= 0.3 is 5.97 Å². The first kappa shape index (κ1) is 14.2. The van der Waals surface area contributed by atoms with Crippen molar-refractivity contribution in [3.05, 3.63) is 30.3 Å². The zero-order valence-corrected chi connectivity index (χ0v) is 10.7. The van der Waals surface area contributed by atoms with Crippen molar-refractivity contribution in [3.63, 3.8) is 0 Å². The molecule has 4 nitrogen and oxygen atoms in total. The molecule has 0 aliphatic carbocycles. The molecule has 98 valence electrons. The van der Waals surface area contributed by atoms with Crippen molar-refractivity contribution >= 4 is 17.6 Å².